The van der Waals surface area contributed by atoms with E-state index in [9.17, 15) is 9.18 Å². The molecule has 0 aromatic carbocycles. The zero-order chi connectivity index (χ0) is 13.8. The van der Waals surface area contributed by atoms with Crippen molar-refractivity contribution in [3.8, 4) is 0 Å². The molecule has 4 nitrogen and oxygen atoms in total. The number of hydrogen-bond acceptors (Lipinski definition) is 4. The summed E-state index contributed by atoms with van der Waals surface area (Å²) >= 11 is 0. The molecule has 2 aliphatic rings. The molecule has 2 saturated heterocycles. The van der Waals surface area contributed by atoms with Crippen LogP contribution < -0.4 is 5.32 Å². The number of likely N-dealkylation sites (tertiary alicyclic amines) is 1. The molecule has 4 atom stereocenters. The average Bonchev–Trinajstić information content (AvgIpc) is 2.86. The van der Waals surface area contributed by atoms with Crippen LogP contribution in [0.15, 0.2) is 0 Å². The van der Waals surface area contributed by atoms with Crippen molar-refractivity contribution in [1.29, 1.82) is 0 Å². The highest BCUT2D eigenvalue weighted by Gasteiger charge is 2.37. The number of piperidine rings is 1. The fourth-order valence-electron chi connectivity index (χ4n) is 3.50. The number of nitrogens with one attached hydrogen (secondary N) is 1. The Hall–Kier alpha value is -0.680. The molecule has 19 heavy (non-hydrogen) atoms. The lowest BCUT2D eigenvalue weighted by molar-refractivity contribution is -0.147. The maximum atomic E-state index is 13.8. The van der Waals surface area contributed by atoms with Gasteiger partial charge in [0, 0.05) is 18.5 Å². The summed E-state index contributed by atoms with van der Waals surface area (Å²) in [7, 11) is 1.25. The van der Waals surface area contributed by atoms with Crippen LogP contribution in [0.1, 0.15) is 32.6 Å². The van der Waals surface area contributed by atoms with Crippen LogP contribution >= 0.6 is 0 Å². The molecule has 1 N–H and O–H groups in total. The smallest absolute Gasteiger partial charge is 0.340 e. The predicted octanol–water partition coefficient (Wildman–Crippen LogP) is 1.35. The molecular formula is C14H25FN2O2. The molecule has 0 aliphatic carbocycles. The minimum atomic E-state index is -1.48. The number of alkyl halides is 1. The van der Waals surface area contributed by atoms with Gasteiger partial charge in [-0.05, 0) is 44.8 Å². The van der Waals surface area contributed by atoms with Crippen molar-refractivity contribution < 1.29 is 13.9 Å². The summed E-state index contributed by atoms with van der Waals surface area (Å²) in [5.74, 6) is -0.143. The zero-order valence-corrected chi connectivity index (χ0v) is 11.9. The van der Waals surface area contributed by atoms with Crippen LogP contribution in [-0.2, 0) is 9.53 Å². The van der Waals surface area contributed by atoms with Crippen molar-refractivity contribution in [2.45, 2.75) is 50.9 Å². The van der Waals surface area contributed by atoms with Crippen LogP contribution in [0.2, 0.25) is 0 Å². The molecule has 2 rings (SSSR count). The molecule has 2 fully saturated rings. The van der Waals surface area contributed by atoms with Gasteiger partial charge in [-0.2, -0.15) is 0 Å². The van der Waals surface area contributed by atoms with Crippen molar-refractivity contribution in [3.63, 3.8) is 0 Å². The Bertz CT molecular complexity index is 314. The first kappa shape index (κ1) is 14.7. The predicted molar refractivity (Wildman–Crippen MR) is 71.7 cm³/mol. The number of nitrogens with zero attached hydrogens (tertiary/aromatic N) is 1. The maximum Gasteiger partial charge on any atom is 0.340 e. The lowest BCUT2D eigenvalue weighted by atomic mass is 9.92. The van der Waals surface area contributed by atoms with Gasteiger partial charge in [-0.1, -0.05) is 6.92 Å². The number of ether oxygens (including phenoxy) is 1. The second kappa shape index (κ2) is 6.66. The summed E-state index contributed by atoms with van der Waals surface area (Å²) in [6.07, 6.45) is 2.02. The second-order valence-electron chi connectivity index (χ2n) is 5.80. The van der Waals surface area contributed by atoms with E-state index in [4.69, 9.17) is 0 Å². The number of carbonyl (C=O) groups is 1. The molecule has 0 amide bonds. The molecule has 0 spiro atoms. The molecular weight excluding hydrogens is 247 g/mol. The Morgan fingerprint density at radius 3 is 3.00 bits per heavy atom. The van der Waals surface area contributed by atoms with Gasteiger partial charge in [-0.15, -0.1) is 0 Å². The summed E-state index contributed by atoms with van der Waals surface area (Å²) in [5.41, 5.74) is 0. The highest BCUT2D eigenvalue weighted by Crippen LogP contribution is 2.30. The van der Waals surface area contributed by atoms with Crippen molar-refractivity contribution in [2.75, 3.05) is 26.7 Å². The number of rotatable bonds is 4. The average molecular weight is 272 g/mol. The molecule has 5 heteroatoms. The number of hydrogen-bond donors (Lipinski definition) is 1. The third-order valence-electron chi connectivity index (χ3n) is 4.52. The van der Waals surface area contributed by atoms with Crippen LogP contribution in [0.25, 0.3) is 0 Å². The Morgan fingerprint density at radius 1 is 1.53 bits per heavy atom. The summed E-state index contributed by atoms with van der Waals surface area (Å²) < 4.78 is 18.3. The van der Waals surface area contributed by atoms with Crippen LogP contribution in [0.5, 0.6) is 0 Å². The zero-order valence-electron chi connectivity index (χ0n) is 11.9. The summed E-state index contributed by atoms with van der Waals surface area (Å²) in [6, 6.07) is 0.721. The van der Waals surface area contributed by atoms with E-state index in [1.807, 2.05) is 0 Å². The molecule has 3 unspecified atom stereocenters. The summed E-state index contributed by atoms with van der Waals surface area (Å²) in [6.45, 7) is 5.35. The number of esters is 1. The van der Waals surface area contributed by atoms with E-state index < -0.39 is 12.1 Å². The Morgan fingerprint density at radius 2 is 2.32 bits per heavy atom. The summed E-state index contributed by atoms with van der Waals surface area (Å²) in [4.78, 5) is 13.7. The van der Waals surface area contributed by atoms with Crippen LogP contribution in [0.3, 0.4) is 0 Å². The van der Waals surface area contributed by atoms with E-state index in [2.05, 4.69) is 21.9 Å². The van der Waals surface area contributed by atoms with E-state index in [1.54, 1.807) is 0 Å². The van der Waals surface area contributed by atoms with E-state index >= 15 is 0 Å². The van der Waals surface area contributed by atoms with Crippen molar-refractivity contribution in [3.05, 3.63) is 0 Å². The first-order chi connectivity index (χ1) is 9.13. The third kappa shape index (κ3) is 3.45. The van der Waals surface area contributed by atoms with Gasteiger partial charge in [0.15, 0.2) is 6.17 Å². The van der Waals surface area contributed by atoms with Gasteiger partial charge in [0.05, 0.1) is 7.11 Å². The van der Waals surface area contributed by atoms with Gasteiger partial charge < -0.3 is 10.1 Å². The molecule has 2 heterocycles. The van der Waals surface area contributed by atoms with Gasteiger partial charge in [-0.25, -0.2) is 9.18 Å². The Labute approximate surface area is 114 Å². The molecule has 0 saturated carbocycles. The van der Waals surface area contributed by atoms with Gasteiger partial charge in [0.1, 0.15) is 0 Å². The van der Waals surface area contributed by atoms with Crippen LogP contribution in [0.4, 0.5) is 4.39 Å². The minimum absolute atomic E-state index is 0.194. The van der Waals surface area contributed by atoms with Crippen molar-refractivity contribution >= 4 is 5.97 Å². The maximum absolute atomic E-state index is 13.8. The SMILES string of the molecule is COC(=O)C(F)C[C@@H]1CCCN1C1CCNCC1C. The largest absolute Gasteiger partial charge is 0.467 e. The topological polar surface area (TPSA) is 41.6 Å². The molecule has 0 radical (unpaired) electrons. The van der Waals surface area contributed by atoms with E-state index in [1.165, 1.54) is 7.11 Å². The van der Waals surface area contributed by atoms with Crippen molar-refractivity contribution in [2.24, 2.45) is 5.92 Å². The van der Waals surface area contributed by atoms with Gasteiger partial charge in [-0.3, -0.25) is 4.90 Å². The standard InChI is InChI=1S/C14H25FN2O2/c1-10-9-16-6-5-13(10)17-7-3-4-11(17)8-12(15)14(18)19-2/h10-13,16H,3-9H2,1-2H3/t10?,11-,12?,13?/m0/s1. The third-order valence-corrected chi connectivity index (χ3v) is 4.52. The monoisotopic (exact) mass is 272 g/mol. The Balaban J connectivity index is 1.94. The fourth-order valence-corrected chi connectivity index (χ4v) is 3.50. The van der Waals surface area contributed by atoms with Gasteiger partial charge in [0.25, 0.3) is 0 Å². The first-order valence-electron chi connectivity index (χ1n) is 7.32. The number of halogens is 1. The Kier molecular flexibility index (Phi) is 5.16. The van der Waals surface area contributed by atoms with Crippen LogP contribution in [-0.4, -0.2) is 55.9 Å². The van der Waals surface area contributed by atoms with Gasteiger partial charge >= 0.3 is 5.97 Å². The first-order valence-corrected chi connectivity index (χ1v) is 7.32. The molecule has 0 aromatic rings. The van der Waals surface area contributed by atoms with E-state index in [0.29, 0.717) is 12.0 Å². The minimum Gasteiger partial charge on any atom is -0.467 e. The van der Waals surface area contributed by atoms with E-state index in [-0.39, 0.29) is 12.5 Å². The normalized spacial score (nSPS) is 34.2. The summed E-state index contributed by atoms with van der Waals surface area (Å²) in [5, 5.41) is 3.40. The molecule has 110 valence electrons. The lowest BCUT2D eigenvalue weighted by Crippen LogP contribution is -2.51. The number of methoxy groups -OCH3 is 1. The van der Waals surface area contributed by atoms with Crippen molar-refractivity contribution in [1.82, 2.24) is 10.2 Å². The molecule has 0 bridgehead atoms. The fraction of sp³-hybridized carbons (Fsp3) is 0.929. The quantitative estimate of drug-likeness (QED) is 0.784. The molecule has 0 aromatic heterocycles. The second-order valence-corrected chi connectivity index (χ2v) is 5.80. The lowest BCUT2D eigenvalue weighted by Gasteiger charge is -2.40. The highest BCUT2D eigenvalue weighted by atomic mass is 19.1. The number of carbonyl (C=O) groups excluding carboxylic acids is 1. The van der Waals surface area contributed by atoms with E-state index in [0.717, 1.165) is 38.9 Å². The molecule has 2 aliphatic heterocycles. The highest BCUT2D eigenvalue weighted by molar-refractivity contribution is 5.74. The van der Waals surface area contributed by atoms with Crippen LogP contribution in [0, 0.1) is 5.92 Å². The van der Waals surface area contributed by atoms with Gasteiger partial charge in [0.2, 0.25) is 0 Å².